The highest BCUT2D eigenvalue weighted by atomic mass is 35.5. The Labute approximate surface area is 149 Å². The Morgan fingerprint density at radius 1 is 1.13 bits per heavy atom. The van der Waals surface area contributed by atoms with Gasteiger partial charge in [0.25, 0.3) is 5.91 Å². The first-order chi connectivity index (χ1) is 10.9. The second-order valence-electron chi connectivity index (χ2n) is 4.74. The highest BCUT2D eigenvalue weighted by Crippen LogP contribution is 2.35. The molecule has 0 unspecified atom stereocenters. The van der Waals surface area contributed by atoms with Crippen molar-refractivity contribution in [2.75, 3.05) is 19.0 Å². The molecule has 0 aromatic heterocycles. The Balaban J connectivity index is 2.05. The Hall–Kier alpha value is -1.62. The molecule has 2 rings (SSSR count). The SMILES string of the molecule is COc1ccc(C)cc1NC(=O)COc1c(Cl)cc(Cl)cc1Cl. The topological polar surface area (TPSA) is 47.6 Å². The summed E-state index contributed by atoms with van der Waals surface area (Å²) in [6.45, 7) is 1.66. The standard InChI is InChI=1S/C16H14Cl3NO3/c1-9-3-4-14(22-2)13(5-9)20-15(21)8-23-16-11(18)6-10(17)7-12(16)19/h3-7H,8H2,1-2H3,(H,20,21). The van der Waals surface area contributed by atoms with Crippen LogP contribution >= 0.6 is 34.8 Å². The summed E-state index contributed by atoms with van der Waals surface area (Å²) in [4.78, 5) is 12.1. The van der Waals surface area contributed by atoms with E-state index in [1.807, 2.05) is 13.0 Å². The monoisotopic (exact) mass is 373 g/mol. The fourth-order valence-electron chi connectivity index (χ4n) is 1.91. The predicted molar refractivity (Wildman–Crippen MR) is 93.3 cm³/mol. The van der Waals surface area contributed by atoms with E-state index >= 15 is 0 Å². The van der Waals surface area contributed by atoms with E-state index in [0.717, 1.165) is 5.56 Å². The second kappa shape index (κ2) is 7.77. The maximum atomic E-state index is 12.1. The maximum absolute atomic E-state index is 12.1. The van der Waals surface area contributed by atoms with E-state index in [4.69, 9.17) is 44.3 Å². The minimum atomic E-state index is -0.365. The zero-order valence-electron chi connectivity index (χ0n) is 12.5. The number of methoxy groups -OCH3 is 1. The largest absolute Gasteiger partial charge is 0.495 e. The molecule has 0 fully saturated rings. The minimum Gasteiger partial charge on any atom is -0.495 e. The lowest BCUT2D eigenvalue weighted by Gasteiger charge is -2.13. The Bertz CT molecular complexity index is 712. The number of anilines is 1. The number of nitrogens with one attached hydrogen (secondary N) is 1. The number of amides is 1. The summed E-state index contributed by atoms with van der Waals surface area (Å²) in [5.41, 5.74) is 1.56. The highest BCUT2D eigenvalue weighted by molar-refractivity contribution is 6.40. The third-order valence-corrected chi connectivity index (χ3v) is 3.72. The van der Waals surface area contributed by atoms with E-state index in [1.165, 1.54) is 19.2 Å². The fraction of sp³-hybridized carbons (Fsp3) is 0.188. The summed E-state index contributed by atoms with van der Waals surface area (Å²) in [6, 6.07) is 8.45. The number of hydrogen-bond donors (Lipinski definition) is 1. The quantitative estimate of drug-likeness (QED) is 0.803. The minimum absolute atomic E-state index is 0.212. The molecule has 0 spiro atoms. The number of hydrogen-bond acceptors (Lipinski definition) is 3. The molecule has 2 aromatic rings. The summed E-state index contributed by atoms with van der Waals surface area (Å²) in [7, 11) is 1.53. The van der Waals surface area contributed by atoms with Crippen molar-refractivity contribution < 1.29 is 14.3 Å². The lowest BCUT2D eigenvalue weighted by molar-refractivity contribution is -0.118. The molecule has 122 valence electrons. The molecule has 2 aromatic carbocycles. The predicted octanol–water partition coefficient (Wildman–Crippen LogP) is 4.98. The molecule has 7 heteroatoms. The second-order valence-corrected chi connectivity index (χ2v) is 5.99. The van der Waals surface area contributed by atoms with E-state index in [1.54, 1.807) is 12.1 Å². The number of aryl methyl sites for hydroxylation is 1. The first-order valence-electron chi connectivity index (χ1n) is 6.62. The average Bonchev–Trinajstić information content (AvgIpc) is 2.46. The summed E-state index contributed by atoms with van der Waals surface area (Å²) in [5.74, 6) is 0.409. The van der Waals surface area contributed by atoms with Crippen molar-refractivity contribution >= 4 is 46.4 Å². The number of halogens is 3. The molecular formula is C16H14Cl3NO3. The van der Waals surface area contributed by atoms with E-state index in [0.29, 0.717) is 16.5 Å². The molecule has 0 bridgehead atoms. The van der Waals surface area contributed by atoms with E-state index in [9.17, 15) is 4.79 Å². The van der Waals surface area contributed by atoms with Gasteiger partial charge in [0.15, 0.2) is 12.4 Å². The molecule has 4 nitrogen and oxygen atoms in total. The number of benzene rings is 2. The third-order valence-electron chi connectivity index (χ3n) is 2.94. The van der Waals surface area contributed by atoms with Gasteiger partial charge in [-0.15, -0.1) is 0 Å². The number of ether oxygens (including phenoxy) is 2. The smallest absolute Gasteiger partial charge is 0.262 e. The van der Waals surface area contributed by atoms with Crippen LogP contribution in [0.2, 0.25) is 15.1 Å². The third kappa shape index (κ3) is 4.67. The van der Waals surface area contributed by atoms with Crippen LogP contribution in [0.3, 0.4) is 0 Å². The van der Waals surface area contributed by atoms with Gasteiger partial charge < -0.3 is 14.8 Å². The number of carbonyl (C=O) groups excluding carboxylic acids is 1. The van der Waals surface area contributed by atoms with Gasteiger partial charge in [0, 0.05) is 5.02 Å². The summed E-state index contributed by atoms with van der Waals surface area (Å²) >= 11 is 17.8. The lowest BCUT2D eigenvalue weighted by atomic mass is 10.2. The van der Waals surface area contributed by atoms with Crippen molar-refractivity contribution in [3.63, 3.8) is 0 Å². The summed E-state index contributed by atoms with van der Waals surface area (Å²) in [6.07, 6.45) is 0. The Morgan fingerprint density at radius 2 is 1.78 bits per heavy atom. The average molecular weight is 375 g/mol. The molecule has 0 aliphatic carbocycles. The van der Waals surface area contributed by atoms with Crippen molar-refractivity contribution in [3.8, 4) is 11.5 Å². The molecule has 23 heavy (non-hydrogen) atoms. The summed E-state index contributed by atoms with van der Waals surface area (Å²) in [5, 5.41) is 3.59. The molecule has 0 aliphatic heterocycles. The normalized spacial score (nSPS) is 10.3. The van der Waals surface area contributed by atoms with Crippen molar-refractivity contribution in [2.45, 2.75) is 6.92 Å². The van der Waals surface area contributed by atoms with Crippen LogP contribution in [0.1, 0.15) is 5.56 Å². The van der Waals surface area contributed by atoms with Crippen LogP contribution in [0.25, 0.3) is 0 Å². The Kier molecular flexibility index (Phi) is 5.99. The molecule has 1 N–H and O–H groups in total. The number of rotatable bonds is 5. The van der Waals surface area contributed by atoms with Crippen molar-refractivity contribution in [2.24, 2.45) is 0 Å². The van der Waals surface area contributed by atoms with Crippen molar-refractivity contribution in [1.29, 1.82) is 0 Å². The molecule has 0 heterocycles. The van der Waals surface area contributed by atoms with E-state index in [-0.39, 0.29) is 28.3 Å². The molecule has 0 aliphatic rings. The van der Waals surface area contributed by atoms with Crippen molar-refractivity contribution in [1.82, 2.24) is 0 Å². The van der Waals surface area contributed by atoms with Crippen LogP contribution in [0.5, 0.6) is 11.5 Å². The van der Waals surface area contributed by atoms with Gasteiger partial charge in [0.2, 0.25) is 0 Å². The Morgan fingerprint density at radius 3 is 2.39 bits per heavy atom. The van der Waals surface area contributed by atoms with Gasteiger partial charge in [0.05, 0.1) is 22.8 Å². The molecule has 0 saturated carbocycles. The van der Waals surface area contributed by atoms with Gasteiger partial charge >= 0.3 is 0 Å². The maximum Gasteiger partial charge on any atom is 0.262 e. The van der Waals surface area contributed by atoms with Gasteiger partial charge in [-0.1, -0.05) is 40.9 Å². The van der Waals surface area contributed by atoms with Gasteiger partial charge in [-0.05, 0) is 36.8 Å². The van der Waals surface area contributed by atoms with Crippen molar-refractivity contribution in [3.05, 3.63) is 51.0 Å². The first kappa shape index (κ1) is 17.7. The first-order valence-corrected chi connectivity index (χ1v) is 7.76. The van der Waals surface area contributed by atoms with Crippen LogP contribution in [-0.4, -0.2) is 19.6 Å². The van der Waals surface area contributed by atoms with Gasteiger partial charge in [0.1, 0.15) is 5.75 Å². The van der Waals surface area contributed by atoms with Crippen LogP contribution < -0.4 is 14.8 Å². The van der Waals surface area contributed by atoms with Crippen LogP contribution in [-0.2, 0) is 4.79 Å². The molecule has 0 atom stereocenters. The molecule has 0 radical (unpaired) electrons. The highest BCUT2D eigenvalue weighted by Gasteiger charge is 2.13. The van der Waals surface area contributed by atoms with Crippen LogP contribution in [0.4, 0.5) is 5.69 Å². The fourth-order valence-corrected chi connectivity index (χ4v) is 2.84. The molecule has 1 amide bonds. The van der Waals surface area contributed by atoms with Crippen LogP contribution in [0.15, 0.2) is 30.3 Å². The number of carbonyl (C=O) groups is 1. The summed E-state index contributed by atoms with van der Waals surface area (Å²) < 4.78 is 10.6. The lowest BCUT2D eigenvalue weighted by Crippen LogP contribution is -2.20. The molecule has 0 saturated heterocycles. The van der Waals surface area contributed by atoms with Gasteiger partial charge in [-0.25, -0.2) is 0 Å². The van der Waals surface area contributed by atoms with Gasteiger partial charge in [-0.2, -0.15) is 0 Å². The zero-order valence-corrected chi connectivity index (χ0v) is 14.7. The van der Waals surface area contributed by atoms with E-state index in [2.05, 4.69) is 5.32 Å². The van der Waals surface area contributed by atoms with Gasteiger partial charge in [-0.3, -0.25) is 4.79 Å². The van der Waals surface area contributed by atoms with Crippen LogP contribution in [0, 0.1) is 6.92 Å². The van der Waals surface area contributed by atoms with E-state index < -0.39 is 0 Å². The zero-order chi connectivity index (χ0) is 17.0. The molecular weight excluding hydrogens is 361 g/mol.